The van der Waals surface area contributed by atoms with Crippen molar-refractivity contribution in [2.45, 2.75) is 26.2 Å². The summed E-state index contributed by atoms with van der Waals surface area (Å²) < 4.78 is 0. The predicted octanol–water partition coefficient (Wildman–Crippen LogP) is 2.04. The molecule has 1 saturated carbocycles. The monoisotopic (exact) mass is 173 g/mol. The second kappa shape index (κ2) is 3.81. The number of thiol groups is 1. The van der Waals surface area contributed by atoms with Crippen molar-refractivity contribution in [3.8, 4) is 0 Å². The summed E-state index contributed by atoms with van der Waals surface area (Å²) in [5, 5.41) is 0. The summed E-state index contributed by atoms with van der Waals surface area (Å²) >= 11 is 4.42. The Hall–Kier alpha value is 0.310. The van der Waals surface area contributed by atoms with Gasteiger partial charge in [0.2, 0.25) is 0 Å². The highest BCUT2D eigenvalue weighted by Crippen LogP contribution is 2.42. The largest absolute Gasteiger partial charge is 0.306 e. The van der Waals surface area contributed by atoms with Crippen LogP contribution in [0.4, 0.5) is 0 Å². The van der Waals surface area contributed by atoms with Gasteiger partial charge in [0.05, 0.1) is 0 Å². The first-order valence-corrected chi connectivity index (χ1v) is 5.15. The Bertz CT molecular complexity index is 115. The van der Waals surface area contributed by atoms with Gasteiger partial charge in [0.15, 0.2) is 0 Å². The Morgan fingerprint density at radius 1 is 1.45 bits per heavy atom. The minimum absolute atomic E-state index is 0.577. The molecule has 1 aliphatic rings. The van der Waals surface area contributed by atoms with Gasteiger partial charge in [-0.05, 0) is 37.6 Å². The Kier molecular flexibility index (Phi) is 3.26. The van der Waals surface area contributed by atoms with Gasteiger partial charge in [0, 0.05) is 6.54 Å². The highest BCUT2D eigenvalue weighted by molar-refractivity contribution is 7.80. The summed E-state index contributed by atoms with van der Waals surface area (Å²) in [6, 6.07) is 0. The molecule has 0 aromatic rings. The molecule has 0 saturated heterocycles. The molecule has 0 atom stereocenters. The van der Waals surface area contributed by atoms with E-state index < -0.39 is 0 Å². The summed E-state index contributed by atoms with van der Waals surface area (Å²) in [5.41, 5.74) is 0.577. The van der Waals surface area contributed by atoms with Crippen LogP contribution in [-0.2, 0) is 0 Å². The second-order valence-corrected chi connectivity index (χ2v) is 4.16. The van der Waals surface area contributed by atoms with Gasteiger partial charge in [-0.3, -0.25) is 0 Å². The summed E-state index contributed by atoms with van der Waals surface area (Å²) in [4.78, 5) is 2.40. The van der Waals surface area contributed by atoms with Gasteiger partial charge in [-0.15, -0.1) is 0 Å². The molecule has 0 aliphatic heterocycles. The third-order valence-electron chi connectivity index (χ3n) is 2.89. The fraction of sp³-hybridized carbons (Fsp3) is 1.00. The van der Waals surface area contributed by atoms with Gasteiger partial charge in [-0.25, -0.2) is 0 Å². The molecular formula is C9H19NS. The predicted molar refractivity (Wildman–Crippen MR) is 53.3 cm³/mol. The molecule has 66 valence electrons. The number of hydrogen-bond donors (Lipinski definition) is 1. The van der Waals surface area contributed by atoms with E-state index in [0.29, 0.717) is 5.41 Å². The zero-order valence-corrected chi connectivity index (χ0v) is 8.53. The smallest absolute Gasteiger partial charge is 0.00426 e. The molecule has 0 spiro atoms. The van der Waals surface area contributed by atoms with E-state index in [4.69, 9.17) is 0 Å². The van der Waals surface area contributed by atoms with Crippen molar-refractivity contribution in [3.05, 3.63) is 0 Å². The molecule has 0 aromatic carbocycles. The molecule has 1 rings (SSSR count). The van der Waals surface area contributed by atoms with Crippen LogP contribution in [-0.4, -0.2) is 30.8 Å². The molecule has 0 heterocycles. The maximum absolute atomic E-state index is 4.42. The first kappa shape index (κ1) is 9.40. The Labute approximate surface area is 75.6 Å². The van der Waals surface area contributed by atoms with Crippen LogP contribution in [0.2, 0.25) is 0 Å². The number of rotatable bonds is 4. The van der Waals surface area contributed by atoms with Gasteiger partial charge in [0.1, 0.15) is 0 Å². The third-order valence-corrected chi connectivity index (χ3v) is 3.57. The van der Waals surface area contributed by atoms with Gasteiger partial charge in [-0.1, -0.05) is 13.3 Å². The van der Waals surface area contributed by atoms with Crippen LogP contribution < -0.4 is 0 Å². The third kappa shape index (κ3) is 2.12. The van der Waals surface area contributed by atoms with Crippen molar-refractivity contribution in [2.24, 2.45) is 5.41 Å². The van der Waals surface area contributed by atoms with E-state index in [-0.39, 0.29) is 0 Å². The van der Waals surface area contributed by atoms with Crippen molar-refractivity contribution in [1.29, 1.82) is 0 Å². The topological polar surface area (TPSA) is 3.24 Å². The number of nitrogens with zero attached hydrogens (tertiary/aromatic N) is 1. The molecule has 0 aromatic heterocycles. The molecule has 1 fully saturated rings. The molecule has 0 amide bonds. The standard InChI is InChI=1S/C9H19NS/c1-3-10(2)7-9(8-11)5-4-6-9/h11H,3-8H2,1-2H3. The van der Waals surface area contributed by atoms with Gasteiger partial charge >= 0.3 is 0 Å². The lowest BCUT2D eigenvalue weighted by Crippen LogP contribution is -2.42. The van der Waals surface area contributed by atoms with Gasteiger partial charge in [0.25, 0.3) is 0 Å². The first-order valence-electron chi connectivity index (χ1n) is 4.52. The summed E-state index contributed by atoms with van der Waals surface area (Å²) in [5.74, 6) is 1.07. The van der Waals surface area contributed by atoms with Crippen LogP contribution in [0.25, 0.3) is 0 Å². The molecule has 0 N–H and O–H groups in total. The lowest BCUT2D eigenvalue weighted by molar-refractivity contribution is 0.108. The average molecular weight is 173 g/mol. The van der Waals surface area contributed by atoms with Crippen molar-refractivity contribution in [3.63, 3.8) is 0 Å². The van der Waals surface area contributed by atoms with E-state index in [1.807, 2.05) is 0 Å². The van der Waals surface area contributed by atoms with E-state index in [0.717, 1.165) is 12.3 Å². The Morgan fingerprint density at radius 3 is 2.36 bits per heavy atom. The van der Waals surface area contributed by atoms with Crippen molar-refractivity contribution < 1.29 is 0 Å². The van der Waals surface area contributed by atoms with Crippen LogP contribution in [0.1, 0.15) is 26.2 Å². The molecular weight excluding hydrogens is 154 g/mol. The Balaban J connectivity index is 2.32. The van der Waals surface area contributed by atoms with E-state index >= 15 is 0 Å². The molecule has 1 aliphatic carbocycles. The molecule has 2 heteroatoms. The van der Waals surface area contributed by atoms with Crippen molar-refractivity contribution >= 4 is 12.6 Å². The fourth-order valence-corrected chi connectivity index (χ4v) is 2.14. The normalized spacial score (nSPS) is 21.8. The first-order chi connectivity index (χ1) is 5.22. The van der Waals surface area contributed by atoms with Crippen molar-refractivity contribution in [1.82, 2.24) is 4.90 Å². The lowest BCUT2D eigenvalue weighted by atomic mass is 9.70. The summed E-state index contributed by atoms with van der Waals surface area (Å²) in [7, 11) is 2.20. The van der Waals surface area contributed by atoms with Gasteiger partial charge < -0.3 is 4.90 Å². The number of hydrogen-bond acceptors (Lipinski definition) is 2. The van der Waals surface area contributed by atoms with E-state index in [9.17, 15) is 0 Å². The minimum Gasteiger partial charge on any atom is -0.306 e. The van der Waals surface area contributed by atoms with Crippen LogP contribution in [0.5, 0.6) is 0 Å². The second-order valence-electron chi connectivity index (χ2n) is 3.84. The van der Waals surface area contributed by atoms with Crippen LogP contribution >= 0.6 is 12.6 Å². The summed E-state index contributed by atoms with van der Waals surface area (Å²) in [6.07, 6.45) is 4.19. The molecule has 0 bridgehead atoms. The molecule has 11 heavy (non-hydrogen) atoms. The van der Waals surface area contributed by atoms with Crippen LogP contribution in [0, 0.1) is 5.41 Å². The van der Waals surface area contributed by atoms with Gasteiger partial charge in [-0.2, -0.15) is 12.6 Å². The minimum atomic E-state index is 0.577. The SMILES string of the molecule is CCN(C)CC1(CS)CCC1. The molecule has 1 nitrogen and oxygen atoms in total. The van der Waals surface area contributed by atoms with Crippen molar-refractivity contribution in [2.75, 3.05) is 25.9 Å². The zero-order chi connectivity index (χ0) is 8.32. The molecule has 0 unspecified atom stereocenters. The maximum atomic E-state index is 4.42. The highest BCUT2D eigenvalue weighted by atomic mass is 32.1. The summed E-state index contributed by atoms with van der Waals surface area (Å²) in [6.45, 7) is 4.62. The van der Waals surface area contributed by atoms with Crippen LogP contribution in [0.3, 0.4) is 0 Å². The van der Waals surface area contributed by atoms with E-state index in [2.05, 4.69) is 31.5 Å². The quantitative estimate of drug-likeness (QED) is 0.637. The van der Waals surface area contributed by atoms with Crippen LogP contribution in [0.15, 0.2) is 0 Å². The zero-order valence-electron chi connectivity index (χ0n) is 7.64. The van der Waals surface area contributed by atoms with E-state index in [1.165, 1.54) is 25.8 Å². The molecule has 0 radical (unpaired) electrons. The maximum Gasteiger partial charge on any atom is 0.00426 e. The highest BCUT2D eigenvalue weighted by Gasteiger charge is 2.35. The van der Waals surface area contributed by atoms with E-state index in [1.54, 1.807) is 0 Å². The Morgan fingerprint density at radius 2 is 2.09 bits per heavy atom. The lowest BCUT2D eigenvalue weighted by Gasteiger charge is -2.43. The fourth-order valence-electron chi connectivity index (χ4n) is 1.73. The average Bonchev–Trinajstić information content (AvgIpc) is 1.96.